The molecule has 1 aromatic rings. The van der Waals surface area contributed by atoms with Crippen molar-refractivity contribution < 1.29 is 22.3 Å². The number of hydrogen-bond donors (Lipinski definition) is 2. The Hall–Kier alpha value is -1.26. The van der Waals surface area contributed by atoms with Crippen molar-refractivity contribution in [1.82, 2.24) is 0 Å². The molecule has 4 nitrogen and oxygen atoms in total. The molecule has 0 saturated heterocycles. The lowest BCUT2D eigenvalue weighted by Crippen LogP contribution is -2.23. The van der Waals surface area contributed by atoms with Crippen LogP contribution in [0.4, 0.5) is 23.2 Å². The average Bonchev–Trinajstić information content (AvgIpc) is 2.30. The molecule has 0 atom stereocenters. The van der Waals surface area contributed by atoms with E-state index in [2.05, 4.69) is 15.0 Å². The highest BCUT2D eigenvalue weighted by molar-refractivity contribution is 14.0. The molecule has 0 spiro atoms. The number of anilines is 1. The predicted molar refractivity (Wildman–Crippen MR) is 79.2 cm³/mol. The van der Waals surface area contributed by atoms with Gasteiger partial charge < -0.3 is 15.8 Å². The van der Waals surface area contributed by atoms with Crippen LogP contribution in [0.3, 0.4) is 0 Å². The number of aliphatic imine (C=N–C) groups is 1. The summed E-state index contributed by atoms with van der Waals surface area (Å²) in [4.78, 5) is 3.82. The molecule has 0 bridgehead atoms. The van der Waals surface area contributed by atoms with Gasteiger partial charge in [0.1, 0.15) is 5.75 Å². The van der Waals surface area contributed by atoms with Crippen molar-refractivity contribution in [1.29, 1.82) is 0 Å². The Bertz CT molecular complexity index is 423. The minimum atomic E-state index is -4.72. The van der Waals surface area contributed by atoms with Crippen LogP contribution in [0.5, 0.6) is 5.75 Å². The number of hydrogen-bond acceptors (Lipinski definition) is 2. The molecule has 3 N–H and O–H groups in total. The lowest BCUT2D eigenvalue weighted by molar-refractivity contribution is -0.274. The van der Waals surface area contributed by atoms with Crippen molar-refractivity contribution >= 4 is 35.6 Å². The largest absolute Gasteiger partial charge is 0.573 e. The monoisotopic (exact) mass is 407 g/mol. The van der Waals surface area contributed by atoms with Gasteiger partial charge in [-0.25, -0.2) is 0 Å². The summed E-state index contributed by atoms with van der Waals surface area (Å²) in [6.07, 6.45) is -4.46. The highest BCUT2D eigenvalue weighted by Crippen LogP contribution is 2.23. The number of nitrogens with zero attached hydrogens (tertiary/aromatic N) is 1. The van der Waals surface area contributed by atoms with Gasteiger partial charge in [0.15, 0.2) is 5.96 Å². The van der Waals surface area contributed by atoms with Gasteiger partial charge in [0, 0.05) is 12.2 Å². The van der Waals surface area contributed by atoms with E-state index >= 15 is 0 Å². The minimum absolute atomic E-state index is 0. The van der Waals surface area contributed by atoms with Crippen LogP contribution in [0.2, 0.25) is 0 Å². The summed E-state index contributed by atoms with van der Waals surface area (Å²) in [5.74, 6) is -0.260. The summed E-state index contributed by atoms with van der Waals surface area (Å²) < 4.78 is 51.3. The Morgan fingerprint density at radius 1 is 1.25 bits per heavy atom. The summed E-state index contributed by atoms with van der Waals surface area (Å²) in [6, 6.07) is 5.01. The molecular formula is C11H14F4IN3O. The maximum Gasteiger partial charge on any atom is 0.573 e. The van der Waals surface area contributed by atoms with E-state index in [9.17, 15) is 17.6 Å². The standard InChI is InChI=1S/C11H13F4N3O.HI/c12-6-1-7-17-10(16)18-8-2-4-9(5-3-8)19-11(13,14)15;/h2-5H,1,6-7H2,(H3,16,17,18);1H. The topological polar surface area (TPSA) is 59.6 Å². The first-order valence-corrected chi connectivity index (χ1v) is 5.39. The van der Waals surface area contributed by atoms with Crippen LogP contribution in [0.25, 0.3) is 0 Å². The number of ether oxygens (including phenoxy) is 1. The van der Waals surface area contributed by atoms with E-state index < -0.39 is 13.0 Å². The number of nitrogens with two attached hydrogens (primary N) is 1. The Balaban J connectivity index is 0.00000361. The van der Waals surface area contributed by atoms with Crippen LogP contribution >= 0.6 is 24.0 Å². The molecule has 0 fully saturated rings. The molecule has 0 saturated carbocycles. The lowest BCUT2D eigenvalue weighted by atomic mass is 10.3. The molecule has 0 amide bonds. The number of benzene rings is 1. The summed E-state index contributed by atoms with van der Waals surface area (Å²) in [5.41, 5.74) is 5.95. The van der Waals surface area contributed by atoms with Crippen molar-refractivity contribution in [2.45, 2.75) is 12.8 Å². The maximum atomic E-state index is 11.9. The third kappa shape index (κ3) is 8.02. The molecular weight excluding hydrogens is 393 g/mol. The normalized spacial score (nSPS) is 11.7. The van der Waals surface area contributed by atoms with Crippen molar-refractivity contribution in [3.8, 4) is 5.75 Å². The Kier molecular flexibility index (Phi) is 8.26. The van der Waals surface area contributed by atoms with Crippen LogP contribution in [-0.4, -0.2) is 25.5 Å². The molecule has 0 aliphatic carbocycles. The number of guanidine groups is 1. The van der Waals surface area contributed by atoms with Crippen LogP contribution < -0.4 is 15.8 Å². The summed E-state index contributed by atoms with van der Waals surface area (Å²) in [7, 11) is 0. The maximum absolute atomic E-state index is 11.9. The summed E-state index contributed by atoms with van der Waals surface area (Å²) in [5, 5.41) is 2.66. The van der Waals surface area contributed by atoms with E-state index in [1.165, 1.54) is 12.1 Å². The van der Waals surface area contributed by atoms with Gasteiger partial charge >= 0.3 is 6.36 Å². The van der Waals surface area contributed by atoms with E-state index in [4.69, 9.17) is 5.73 Å². The highest BCUT2D eigenvalue weighted by atomic mass is 127. The Morgan fingerprint density at radius 3 is 2.35 bits per heavy atom. The number of halogens is 5. The van der Waals surface area contributed by atoms with Gasteiger partial charge in [0.2, 0.25) is 0 Å². The third-order valence-electron chi connectivity index (χ3n) is 1.93. The second kappa shape index (κ2) is 8.82. The van der Waals surface area contributed by atoms with Crippen LogP contribution in [0.1, 0.15) is 6.42 Å². The highest BCUT2D eigenvalue weighted by Gasteiger charge is 2.30. The molecule has 20 heavy (non-hydrogen) atoms. The number of alkyl halides is 4. The smallest absolute Gasteiger partial charge is 0.406 e. The zero-order valence-corrected chi connectivity index (χ0v) is 12.6. The van der Waals surface area contributed by atoms with Gasteiger partial charge in [-0.1, -0.05) is 0 Å². The first kappa shape index (κ1) is 18.7. The van der Waals surface area contributed by atoms with Gasteiger partial charge in [-0.05, 0) is 30.7 Å². The minimum Gasteiger partial charge on any atom is -0.406 e. The van der Waals surface area contributed by atoms with Gasteiger partial charge in [0.05, 0.1) is 6.67 Å². The molecule has 1 rings (SSSR count). The van der Waals surface area contributed by atoms with Gasteiger partial charge in [-0.3, -0.25) is 9.38 Å². The average molecular weight is 407 g/mol. The lowest BCUT2D eigenvalue weighted by Gasteiger charge is -2.10. The van der Waals surface area contributed by atoms with E-state index in [1.54, 1.807) is 0 Å². The van der Waals surface area contributed by atoms with Crippen molar-refractivity contribution in [2.75, 3.05) is 18.5 Å². The summed E-state index contributed by atoms with van der Waals surface area (Å²) >= 11 is 0. The molecule has 0 unspecified atom stereocenters. The van der Waals surface area contributed by atoms with Crippen molar-refractivity contribution in [3.05, 3.63) is 24.3 Å². The SMILES string of the molecule is I.NC(=NCCCF)Nc1ccc(OC(F)(F)F)cc1. The van der Waals surface area contributed by atoms with E-state index in [1.807, 2.05) is 0 Å². The molecule has 0 heterocycles. The van der Waals surface area contributed by atoms with Crippen LogP contribution in [-0.2, 0) is 0 Å². The van der Waals surface area contributed by atoms with E-state index in [0.717, 1.165) is 12.1 Å². The second-order valence-electron chi connectivity index (χ2n) is 3.51. The van der Waals surface area contributed by atoms with E-state index in [0.29, 0.717) is 5.69 Å². The van der Waals surface area contributed by atoms with Crippen molar-refractivity contribution in [3.63, 3.8) is 0 Å². The van der Waals surface area contributed by atoms with Gasteiger partial charge in [0.25, 0.3) is 0 Å². The Morgan fingerprint density at radius 2 is 1.85 bits per heavy atom. The fraction of sp³-hybridized carbons (Fsp3) is 0.364. The first-order valence-electron chi connectivity index (χ1n) is 5.39. The van der Waals surface area contributed by atoms with Gasteiger partial charge in [-0.2, -0.15) is 0 Å². The zero-order chi connectivity index (χ0) is 14.3. The van der Waals surface area contributed by atoms with Crippen LogP contribution in [0, 0.1) is 0 Å². The fourth-order valence-corrected chi connectivity index (χ4v) is 1.19. The van der Waals surface area contributed by atoms with Gasteiger partial charge in [-0.15, -0.1) is 37.1 Å². The first-order chi connectivity index (χ1) is 8.90. The van der Waals surface area contributed by atoms with E-state index in [-0.39, 0.29) is 48.7 Å². The molecule has 9 heteroatoms. The van der Waals surface area contributed by atoms with Crippen molar-refractivity contribution in [2.24, 2.45) is 10.7 Å². The molecule has 0 radical (unpaired) electrons. The molecule has 0 aliphatic rings. The fourth-order valence-electron chi connectivity index (χ4n) is 1.19. The zero-order valence-electron chi connectivity index (χ0n) is 10.3. The van der Waals surface area contributed by atoms with Crippen LogP contribution in [0.15, 0.2) is 29.3 Å². The molecule has 1 aromatic carbocycles. The number of nitrogens with one attached hydrogen (secondary N) is 1. The quantitative estimate of drug-likeness (QED) is 0.259. The molecule has 0 aliphatic heterocycles. The Labute approximate surface area is 130 Å². The molecule has 114 valence electrons. The summed E-state index contributed by atoms with van der Waals surface area (Å²) in [6.45, 7) is -0.245. The predicted octanol–water partition coefficient (Wildman–Crippen LogP) is 3.29. The number of rotatable bonds is 5. The second-order valence-corrected chi connectivity index (χ2v) is 3.51. The molecule has 0 aromatic heterocycles. The third-order valence-corrected chi connectivity index (χ3v) is 1.93.